The Bertz CT molecular complexity index is 372. The molecular weight excluding hydrogens is 268 g/mol. The van der Waals surface area contributed by atoms with Gasteiger partial charge in [0.15, 0.2) is 0 Å². The van der Waals surface area contributed by atoms with E-state index in [1.165, 1.54) is 5.56 Å². The number of methoxy groups -OCH3 is 2. The third-order valence-corrected chi connectivity index (χ3v) is 3.41. The van der Waals surface area contributed by atoms with E-state index in [1.54, 1.807) is 14.2 Å². The van der Waals surface area contributed by atoms with E-state index in [0.29, 0.717) is 0 Å². The molecule has 0 atom stereocenters. The molecule has 0 unspecified atom stereocenters. The van der Waals surface area contributed by atoms with Crippen LogP contribution in [0.15, 0.2) is 10.5 Å². The van der Waals surface area contributed by atoms with Gasteiger partial charge in [0.25, 0.3) is 0 Å². The van der Waals surface area contributed by atoms with Gasteiger partial charge < -0.3 is 19.2 Å². The summed E-state index contributed by atoms with van der Waals surface area (Å²) in [6.07, 6.45) is 1.13. The first-order chi connectivity index (χ1) is 10.2. The molecule has 122 valence electrons. The minimum Gasteiger partial charge on any atom is -0.465 e. The molecular formula is C16H30N2O3. The fraction of sp³-hybridized carbons (Fsp3) is 0.750. The topological polar surface area (TPSA) is 46.9 Å². The van der Waals surface area contributed by atoms with Crippen LogP contribution in [0, 0.1) is 6.92 Å². The van der Waals surface area contributed by atoms with Gasteiger partial charge in [0.1, 0.15) is 11.5 Å². The molecule has 1 aromatic rings. The van der Waals surface area contributed by atoms with Crippen molar-refractivity contribution < 1.29 is 13.9 Å². The first-order valence-corrected chi connectivity index (χ1v) is 7.70. The zero-order valence-corrected chi connectivity index (χ0v) is 13.9. The predicted molar refractivity (Wildman–Crippen MR) is 84.5 cm³/mol. The molecule has 0 aromatic carbocycles. The summed E-state index contributed by atoms with van der Waals surface area (Å²) in [7, 11) is 3.46. The van der Waals surface area contributed by atoms with Crippen molar-refractivity contribution in [3.63, 3.8) is 0 Å². The first kappa shape index (κ1) is 18.2. The predicted octanol–water partition coefficient (Wildman–Crippen LogP) is 2.18. The normalized spacial score (nSPS) is 11.5. The third kappa shape index (κ3) is 7.09. The minimum atomic E-state index is 0.728. The second kappa shape index (κ2) is 10.8. The van der Waals surface area contributed by atoms with E-state index >= 15 is 0 Å². The highest BCUT2D eigenvalue weighted by molar-refractivity contribution is 5.20. The van der Waals surface area contributed by atoms with Crippen LogP contribution in [-0.4, -0.2) is 52.0 Å². The Hall–Kier alpha value is -0.880. The smallest absolute Gasteiger partial charge is 0.118 e. The number of aryl methyl sites for hydroxylation is 1. The van der Waals surface area contributed by atoms with Crippen molar-refractivity contribution in [2.45, 2.75) is 33.4 Å². The molecule has 1 rings (SSSR count). The van der Waals surface area contributed by atoms with Crippen LogP contribution in [0.25, 0.3) is 0 Å². The van der Waals surface area contributed by atoms with Crippen LogP contribution in [0.4, 0.5) is 0 Å². The maximum atomic E-state index is 5.82. The Labute approximate surface area is 128 Å². The lowest BCUT2D eigenvalue weighted by Crippen LogP contribution is -2.30. The van der Waals surface area contributed by atoms with Gasteiger partial charge in [-0.15, -0.1) is 0 Å². The molecule has 0 aliphatic heterocycles. The second-order valence-electron chi connectivity index (χ2n) is 5.23. The van der Waals surface area contributed by atoms with E-state index < -0.39 is 0 Å². The second-order valence-corrected chi connectivity index (χ2v) is 5.23. The van der Waals surface area contributed by atoms with Crippen LogP contribution >= 0.6 is 0 Å². The quantitative estimate of drug-likeness (QED) is 0.599. The van der Waals surface area contributed by atoms with Crippen molar-refractivity contribution in [2.24, 2.45) is 0 Å². The molecule has 0 spiro atoms. The van der Waals surface area contributed by atoms with Crippen LogP contribution in [0.5, 0.6) is 0 Å². The van der Waals surface area contributed by atoms with Gasteiger partial charge in [0.05, 0.1) is 19.8 Å². The summed E-state index contributed by atoms with van der Waals surface area (Å²) in [6.45, 7) is 10.1. The maximum absolute atomic E-state index is 5.82. The van der Waals surface area contributed by atoms with Crippen molar-refractivity contribution in [1.29, 1.82) is 0 Å². The van der Waals surface area contributed by atoms with E-state index in [1.807, 2.05) is 6.92 Å². The molecule has 0 amide bonds. The molecule has 0 saturated carbocycles. The average molecular weight is 298 g/mol. The van der Waals surface area contributed by atoms with Gasteiger partial charge in [-0.25, -0.2) is 0 Å². The van der Waals surface area contributed by atoms with Gasteiger partial charge in [0.2, 0.25) is 0 Å². The van der Waals surface area contributed by atoms with E-state index in [4.69, 9.17) is 13.9 Å². The van der Waals surface area contributed by atoms with Crippen molar-refractivity contribution in [3.05, 3.63) is 23.2 Å². The molecule has 5 nitrogen and oxygen atoms in total. The van der Waals surface area contributed by atoms with E-state index in [-0.39, 0.29) is 0 Å². The van der Waals surface area contributed by atoms with Crippen LogP contribution in [-0.2, 0) is 22.6 Å². The Morgan fingerprint density at radius 1 is 1.19 bits per heavy atom. The zero-order valence-electron chi connectivity index (χ0n) is 13.9. The molecule has 1 heterocycles. The standard InChI is InChI=1S/C16H30N2O3/c1-5-6-17-12-16-11-15(14(2)21-16)13-18(7-9-19-3)8-10-20-4/h11,17H,5-10,12-13H2,1-4H3. The largest absolute Gasteiger partial charge is 0.465 e. The van der Waals surface area contributed by atoms with Gasteiger partial charge in [-0.05, 0) is 26.0 Å². The molecule has 0 bridgehead atoms. The van der Waals surface area contributed by atoms with Crippen molar-refractivity contribution >= 4 is 0 Å². The monoisotopic (exact) mass is 298 g/mol. The number of rotatable bonds is 12. The van der Waals surface area contributed by atoms with Gasteiger partial charge in [-0.1, -0.05) is 6.92 Å². The highest BCUT2D eigenvalue weighted by Gasteiger charge is 2.12. The van der Waals surface area contributed by atoms with Gasteiger partial charge in [0, 0.05) is 39.4 Å². The lowest BCUT2D eigenvalue weighted by Gasteiger charge is -2.21. The molecule has 21 heavy (non-hydrogen) atoms. The van der Waals surface area contributed by atoms with Gasteiger partial charge >= 0.3 is 0 Å². The number of hydrogen-bond donors (Lipinski definition) is 1. The summed E-state index contributed by atoms with van der Waals surface area (Å²) in [6, 6.07) is 2.16. The summed E-state index contributed by atoms with van der Waals surface area (Å²) in [5.41, 5.74) is 1.25. The lowest BCUT2D eigenvalue weighted by atomic mass is 10.2. The lowest BCUT2D eigenvalue weighted by molar-refractivity contribution is 0.110. The summed E-state index contributed by atoms with van der Waals surface area (Å²) in [5, 5.41) is 3.37. The average Bonchev–Trinajstić information content (AvgIpc) is 2.82. The molecule has 1 N–H and O–H groups in total. The zero-order chi connectivity index (χ0) is 15.5. The highest BCUT2D eigenvalue weighted by atomic mass is 16.5. The van der Waals surface area contributed by atoms with E-state index in [9.17, 15) is 0 Å². The summed E-state index contributed by atoms with van der Waals surface area (Å²) < 4.78 is 16.2. The molecule has 0 aliphatic carbocycles. The maximum Gasteiger partial charge on any atom is 0.118 e. The molecule has 5 heteroatoms. The van der Waals surface area contributed by atoms with E-state index in [0.717, 1.165) is 63.9 Å². The summed E-state index contributed by atoms with van der Waals surface area (Å²) in [5.74, 6) is 2.01. The first-order valence-electron chi connectivity index (χ1n) is 7.70. The SMILES string of the molecule is CCCNCc1cc(CN(CCOC)CCOC)c(C)o1. The fourth-order valence-corrected chi connectivity index (χ4v) is 2.17. The Balaban J connectivity index is 2.55. The van der Waals surface area contributed by atoms with Crippen LogP contribution in [0.2, 0.25) is 0 Å². The number of hydrogen-bond acceptors (Lipinski definition) is 5. The Morgan fingerprint density at radius 2 is 1.86 bits per heavy atom. The molecule has 0 saturated heterocycles. The van der Waals surface area contributed by atoms with E-state index in [2.05, 4.69) is 23.2 Å². The Morgan fingerprint density at radius 3 is 2.43 bits per heavy atom. The fourth-order valence-electron chi connectivity index (χ4n) is 2.17. The molecule has 0 radical (unpaired) electrons. The number of furan rings is 1. The minimum absolute atomic E-state index is 0.728. The molecule has 0 fully saturated rings. The number of nitrogens with one attached hydrogen (secondary N) is 1. The van der Waals surface area contributed by atoms with Crippen molar-refractivity contribution in [2.75, 3.05) is 47.1 Å². The highest BCUT2D eigenvalue weighted by Crippen LogP contribution is 2.16. The van der Waals surface area contributed by atoms with Crippen LogP contribution in [0.1, 0.15) is 30.4 Å². The number of nitrogens with zero attached hydrogens (tertiary/aromatic N) is 1. The third-order valence-electron chi connectivity index (χ3n) is 3.41. The van der Waals surface area contributed by atoms with Crippen LogP contribution < -0.4 is 5.32 Å². The van der Waals surface area contributed by atoms with Crippen molar-refractivity contribution in [1.82, 2.24) is 10.2 Å². The van der Waals surface area contributed by atoms with Crippen LogP contribution in [0.3, 0.4) is 0 Å². The summed E-state index contributed by atoms with van der Waals surface area (Å²) in [4.78, 5) is 2.33. The van der Waals surface area contributed by atoms with Crippen molar-refractivity contribution in [3.8, 4) is 0 Å². The Kier molecular flexibility index (Phi) is 9.34. The molecule has 1 aromatic heterocycles. The summed E-state index contributed by atoms with van der Waals surface area (Å²) >= 11 is 0. The van der Waals surface area contributed by atoms with Gasteiger partial charge in [-0.3, -0.25) is 4.90 Å². The number of ether oxygens (including phenoxy) is 2. The molecule has 0 aliphatic rings. The van der Waals surface area contributed by atoms with Gasteiger partial charge in [-0.2, -0.15) is 0 Å².